The Bertz CT molecular complexity index is 2350. The molecule has 0 saturated heterocycles. The van der Waals surface area contributed by atoms with E-state index in [0.717, 1.165) is 51.4 Å². The third-order valence-electron chi connectivity index (χ3n) is 11.6. The lowest BCUT2D eigenvalue weighted by Gasteiger charge is -2.27. The molecule has 0 aliphatic heterocycles. The van der Waals surface area contributed by atoms with Crippen molar-refractivity contribution in [2.45, 2.75) is 108 Å². The minimum absolute atomic E-state index is 0.0711. The number of benzene rings is 2. The lowest BCUT2D eigenvalue weighted by molar-refractivity contribution is -0.129. The summed E-state index contributed by atoms with van der Waals surface area (Å²) >= 11 is 12.5. The number of halogens is 2. The summed E-state index contributed by atoms with van der Waals surface area (Å²) in [7, 11) is 4.76. The monoisotopic (exact) mass is 896 g/mol. The molecule has 5 N–H and O–H groups in total. The first-order chi connectivity index (χ1) is 29.4. The smallest absolute Gasteiger partial charge is 0.333 e. The predicted molar refractivity (Wildman–Crippen MR) is 238 cm³/mol. The molecule has 2 aromatic carbocycles. The highest BCUT2D eigenvalue weighted by Gasteiger charge is 2.30. The van der Waals surface area contributed by atoms with E-state index in [-0.39, 0.29) is 64.9 Å². The maximum atomic E-state index is 12.8. The first-order valence-electron chi connectivity index (χ1n) is 21.0. The quantitative estimate of drug-likeness (QED) is 0.129. The molecular formula is C44H58Cl2N8O8. The van der Waals surface area contributed by atoms with Gasteiger partial charge in [0.05, 0.1) is 43.7 Å². The number of aryl methyl sites for hydroxylation is 1. The van der Waals surface area contributed by atoms with Gasteiger partial charge < -0.3 is 31.1 Å². The van der Waals surface area contributed by atoms with Gasteiger partial charge in [-0.1, -0.05) is 74.6 Å². The van der Waals surface area contributed by atoms with E-state index in [1.165, 1.54) is 42.5 Å². The summed E-state index contributed by atoms with van der Waals surface area (Å²) in [4.78, 5) is 76.1. The van der Waals surface area contributed by atoms with E-state index in [2.05, 4.69) is 16.0 Å². The molecule has 62 heavy (non-hydrogen) atoms. The van der Waals surface area contributed by atoms with Gasteiger partial charge in [0.1, 0.15) is 13.1 Å². The van der Waals surface area contributed by atoms with E-state index in [9.17, 15) is 39.0 Å². The van der Waals surface area contributed by atoms with E-state index in [4.69, 9.17) is 23.2 Å². The number of hydrogen-bond donors (Lipinski definition) is 5. The minimum atomic E-state index is -0.901. The van der Waals surface area contributed by atoms with E-state index in [0.29, 0.717) is 42.8 Å². The van der Waals surface area contributed by atoms with Gasteiger partial charge in [0, 0.05) is 58.5 Å². The number of hydrogen-bond acceptors (Lipinski definition) is 8. The molecule has 2 aliphatic carbocycles. The van der Waals surface area contributed by atoms with Crippen molar-refractivity contribution in [2.75, 3.05) is 34.2 Å². The number of imidazole rings is 2. The van der Waals surface area contributed by atoms with Gasteiger partial charge >= 0.3 is 11.4 Å². The number of amides is 4. The molecule has 0 atom stereocenters. The average Bonchev–Trinajstić information content (AvgIpc) is 3.51. The van der Waals surface area contributed by atoms with Crippen molar-refractivity contribution in [3.8, 4) is 11.4 Å². The van der Waals surface area contributed by atoms with Crippen molar-refractivity contribution in [3.05, 3.63) is 103 Å². The van der Waals surface area contributed by atoms with Crippen LogP contribution in [-0.4, -0.2) is 102 Å². The summed E-state index contributed by atoms with van der Waals surface area (Å²) in [5.41, 5.74) is -0.593. The van der Waals surface area contributed by atoms with Gasteiger partial charge in [0.15, 0.2) is 0 Å². The lowest BCUT2D eigenvalue weighted by Crippen LogP contribution is -2.42. The third-order valence-corrected chi connectivity index (χ3v) is 12.2. The first kappa shape index (κ1) is 47.9. The molecule has 18 heteroatoms. The van der Waals surface area contributed by atoms with Crippen molar-refractivity contribution in [1.29, 1.82) is 0 Å². The number of nitrogens with one attached hydrogen (secondary N) is 3. The van der Waals surface area contributed by atoms with Gasteiger partial charge in [-0.05, 0) is 69.0 Å². The van der Waals surface area contributed by atoms with Gasteiger partial charge in [-0.2, -0.15) is 0 Å². The molecule has 4 amide bonds. The van der Waals surface area contributed by atoms with Crippen LogP contribution in [0.1, 0.15) is 103 Å². The zero-order valence-electron chi connectivity index (χ0n) is 35.8. The average molecular weight is 898 g/mol. The Labute approximate surface area is 370 Å². The Morgan fingerprint density at radius 3 is 1.61 bits per heavy atom. The second-order valence-electron chi connectivity index (χ2n) is 16.5. The Morgan fingerprint density at radius 2 is 1.16 bits per heavy atom. The van der Waals surface area contributed by atoms with Gasteiger partial charge in [0.25, 0.3) is 11.8 Å². The van der Waals surface area contributed by atoms with Crippen LogP contribution in [0.25, 0.3) is 11.4 Å². The molecule has 16 nitrogen and oxygen atoms in total. The molecule has 0 spiro atoms. The summed E-state index contributed by atoms with van der Waals surface area (Å²) in [5.74, 6) is -1.29. The summed E-state index contributed by atoms with van der Waals surface area (Å²) in [6.07, 6.45) is 15.5. The number of aromatic nitrogens is 4. The Kier molecular flexibility index (Phi) is 16.4. The fourth-order valence-corrected chi connectivity index (χ4v) is 8.10. The van der Waals surface area contributed by atoms with Crippen LogP contribution in [0.3, 0.4) is 0 Å². The van der Waals surface area contributed by atoms with Crippen molar-refractivity contribution in [3.63, 3.8) is 0 Å². The van der Waals surface area contributed by atoms with Gasteiger partial charge in [-0.3, -0.25) is 37.4 Å². The zero-order chi connectivity index (χ0) is 45.2. The molecule has 2 saturated carbocycles. The largest absolute Gasteiger partial charge is 0.388 e. The SMILES string of the molecule is CN(C)C(=O)Cn1ccn(-c2ccc(Cl)c(C(=O)NCC3(O)CCCCCC3)c2)c1=O.CNC(=O)Cn1c(C)cn(-c2ccc(Cl)c(C(=O)NCC3(O)CCCCCC3)c2)c1=O. The van der Waals surface area contributed by atoms with Crippen LogP contribution in [0.15, 0.2) is 64.6 Å². The number of nitrogens with zero attached hydrogens (tertiary/aromatic N) is 5. The van der Waals surface area contributed by atoms with Gasteiger partial charge in [-0.15, -0.1) is 0 Å². The molecule has 2 heterocycles. The van der Waals surface area contributed by atoms with Gasteiger partial charge in [0.2, 0.25) is 11.8 Å². The summed E-state index contributed by atoms with van der Waals surface area (Å²) < 4.78 is 5.39. The molecule has 0 bridgehead atoms. The van der Waals surface area contributed by atoms with Crippen molar-refractivity contribution < 1.29 is 29.4 Å². The number of aliphatic hydroxyl groups is 2. The Morgan fingerprint density at radius 1 is 0.694 bits per heavy atom. The molecular weight excluding hydrogens is 839 g/mol. The standard InChI is InChI=1S/2C22H29ClN4O4/c1-15-12-27(21(30)26(15)13-19(28)24-2)16-7-8-18(23)17(11-16)20(29)25-14-22(31)9-5-3-4-6-10-22;1-25(2)19(28)14-26-11-12-27(21(26)30)16-7-8-18(23)17(13-16)20(29)24-15-22(31)9-5-3-4-6-10-22/h7-8,11-12,31H,3-6,9-10,13-14H2,1-2H3,(H,24,28)(H,25,29);7-8,11-13,31H,3-6,9-10,14-15H2,1-2H3,(H,24,29). The van der Waals surface area contributed by atoms with E-state index < -0.39 is 28.7 Å². The Balaban J connectivity index is 0.000000234. The molecule has 0 radical (unpaired) electrons. The van der Waals surface area contributed by atoms with Crippen LogP contribution in [0.5, 0.6) is 0 Å². The van der Waals surface area contributed by atoms with E-state index in [1.54, 1.807) is 63.7 Å². The van der Waals surface area contributed by atoms with Crippen molar-refractivity contribution in [2.24, 2.45) is 0 Å². The zero-order valence-corrected chi connectivity index (χ0v) is 37.4. The summed E-state index contributed by atoms with van der Waals surface area (Å²) in [6.45, 7) is 1.90. The number of carbonyl (C=O) groups excluding carboxylic acids is 4. The normalized spacial score (nSPS) is 15.9. The summed E-state index contributed by atoms with van der Waals surface area (Å²) in [5, 5.41) is 30.2. The molecule has 0 unspecified atom stereocenters. The molecule has 2 aromatic heterocycles. The third kappa shape index (κ3) is 12.3. The van der Waals surface area contributed by atoms with E-state index in [1.807, 2.05) is 0 Å². The maximum absolute atomic E-state index is 12.8. The highest BCUT2D eigenvalue weighted by atomic mass is 35.5. The fraction of sp³-hybridized carbons (Fsp3) is 0.500. The van der Waals surface area contributed by atoms with Crippen LogP contribution >= 0.6 is 23.2 Å². The molecule has 2 aliphatic rings. The second kappa shape index (κ2) is 21.3. The minimum Gasteiger partial charge on any atom is -0.388 e. The van der Waals surface area contributed by atoms with E-state index >= 15 is 0 Å². The van der Waals surface area contributed by atoms with Crippen molar-refractivity contribution >= 4 is 46.8 Å². The fourth-order valence-electron chi connectivity index (χ4n) is 7.69. The van der Waals surface area contributed by atoms with Crippen LogP contribution in [0.2, 0.25) is 10.0 Å². The Hall–Kier alpha value is -5.16. The predicted octanol–water partition coefficient (Wildman–Crippen LogP) is 4.36. The lowest BCUT2D eigenvalue weighted by atomic mass is 9.94. The van der Waals surface area contributed by atoms with Crippen LogP contribution in [0.4, 0.5) is 0 Å². The second-order valence-corrected chi connectivity index (χ2v) is 17.3. The topological polar surface area (TPSA) is 202 Å². The first-order valence-corrected chi connectivity index (χ1v) is 21.8. The molecule has 6 rings (SSSR count). The van der Waals surface area contributed by atoms with Crippen LogP contribution in [0, 0.1) is 6.92 Å². The summed E-state index contributed by atoms with van der Waals surface area (Å²) in [6, 6.07) is 9.47. The van der Waals surface area contributed by atoms with Crippen LogP contribution < -0.4 is 27.3 Å². The maximum Gasteiger partial charge on any atom is 0.333 e. The highest BCUT2D eigenvalue weighted by Crippen LogP contribution is 2.28. The highest BCUT2D eigenvalue weighted by molar-refractivity contribution is 6.34. The molecule has 2 fully saturated rings. The van der Waals surface area contributed by atoms with Gasteiger partial charge in [-0.25, -0.2) is 9.59 Å². The molecule has 336 valence electrons. The number of likely N-dealkylation sites (N-methyl/N-ethyl adjacent to an activating group) is 2. The van der Waals surface area contributed by atoms with Crippen molar-refractivity contribution in [1.82, 2.24) is 39.1 Å². The van der Waals surface area contributed by atoms with Crippen LogP contribution in [-0.2, 0) is 22.7 Å². The number of rotatable bonds is 12. The number of carbonyl (C=O) groups is 4. The molecule has 4 aromatic rings.